The lowest BCUT2D eigenvalue weighted by Gasteiger charge is -2.36. The van der Waals surface area contributed by atoms with Gasteiger partial charge < -0.3 is 9.33 Å². The summed E-state index contributed by atoms with van der Waals surface area (Å²) in [4.78, 5) is 13.3. The average molecular weight is 243 g/mol. The van der Waals surface area contributed by atoms with Crippen LogP contribution >= 0.6 is 0 Å². The van der Waals surface area contributed by atoms with E-state index in [2.05, 4.69) is 33.9 Å². The van der Waals surface area contributed by atoms with Gasteiger partial charge in [-0.2, -0.15) is 0 Å². The predicted octanol–water partition coefficient (Wildman–Crippen LogP) is 2.63. The molecule has 3 nitrogen and oxygen atoms in total. The molecule has 1 rings (SSSR count). The van der Waals surface area contributed by atoms with E-state index >= 15 is 0 Å². The Hall–Kier alpha value is -0.353. The van der Waals surface area contributed by atoms with E-state index in [-0.39, 0.29) is 5.04 Å². The smallest absolute Gasteiger partial charge is 0.222 e. The molecule has 0 bridgehead atoms. The third-order valence-electron chi connectivity index (χ3n) is 3.80. The van der Waals surface area contributed by atoms with Crippen LogP contribution in [0, 0.1) is 0 Å². The van der Waals surface area contributed by atoms with Gasteiger partial charge in [0, 0.05) is 19.5 Å². The number of carbonyl (C=O) groups excluding carboxylic acids is 1. The van der Waals surface area contributed by atoms with Gasteiger partial charge in [-0.25, -0.2) is 0 Å². The van der Waals surface area contributed by atoms with Gasteiger partial charge in [-0.1, -0.05) is 20.8 Å². The zero-order chi connectivity index (χ0) is 12.4. The molecule has 1 fully saturated rings. The fraction of sp³-hybridized carbons (Fsp3) is 0.917. The van der Waals surface area contributed by atoms with Crippen LogP contribution in [0.1, 0.15) is 33.6 Å². The predicted molar refractivity (Wildman–Crippen MR) is 69.0 cm³/mol. The molecule has 0 aromatic carbocycles. The van der Waals surface area contributed by atoms with Gasteiger partial charge in [0.25, 0.3) is 0 Å². The van der Waals surface area contributed by atoms with Crippen molar-refractivity contribution in [2.24, 2.45) is 0 Å². The number of rotatable bonds is 4. The highest BCUT2D eigenvalue weighted by molar-refractivity contribution is 6.74. The standard InChI is InChI=1S/C12H25NO2Si/c1-12(2,3)16(4,5)15-10-9-13-8-6-7-11(13)14/h6-10H2,1-5H3. The molecule has 0 atom stereocenters. The van der Waals surface area contributed by atoms with Gasteiger partial charge in [-0.15, -0.1) is 0 Å². The molecular formula is C12H25NO2Si. The maximum Gasteiger partial charge on any atom is 0.222 e. The molecule has 1 saturated heterocycles. The summed E-state index contributed by atoms with van der Waals surface area (Å²) in [5.41, 5.74) is 0. The van der Waals surface area contributed by atoms with E-state index in [0.717, 1.165) is 25.9 Å². The minimum atomic E-state index is -1.64. The van der Waals surface area contributed by atoms with Crippen molar-refractivity contribution in [3.8, 4) is 0 Å². The Kier molecular flexibility index (Phi) is 4.18. The number of nitrogens with zero attached hydrogens (tertiary/aromatic N) is 1. The van der Waals surface area contributed by atoms with Crippen molar-refractivity contribution in [2.75, 3.05) is 19.7 Å². The third-order valence-corrected chi connectivity index (χ3v) is 8.34. The molecule has 0 radical (unpaired) electrons. The van der Waals surface area contributed by atoms with E-state index in [1.165, 1.54) is 0 Å². The van der Waals surface area contributed by atoms with Gasteiger partial charge >= 0.3 is 0 Å². The molecule has 1 aliphatic rings. The number of hydrogen-bond donors (Lipinski definition) is 0. The molecule has 0 aromatic rings. The quantitative estimate of drug-likeness (QED) is 0.710. The highest BCUT2D eigenvalue weighted by Gasteiger charge is 2.37. The minimum Gasteiger partial charge on any atom is -0.415 e. The molecule has 1 heterocycles. The van der Waals surface area contributed by atoms with Crippen molar-refractivity contribution in [3.63, 3.8) is 0 Å². The van der Waals surface area contributed by atoms with Gasteiger partial charge in [0.2, 0.25) is 5.91 Å². The zero-order valence-electron chi connectivity index (χ0n) is 11.3. The molecule has 94 valence electrons. The molecule has 0 aromatic heterocycles. The van der Waals surface area contributed by atoms with Crippen LogP contribution in [-0.4, -0.2) is 38.8 Å². The summed E-state index contributed by atoms with van der Waals surface area (Å²) < 4.78 is 6.05. The molecule has 0 unspecified atom stereocenters. The van der Waals surface area contributed by atoms with Gasteiger partial charge in [-0.3, -0.25) is 4.79 Å². The first-order valence-corrected chi connectivity index (χ1v) is 9.06. The Morgan fingerprint density at radius 1 is 1.38 bits per heavy atom. The van der Waals surface area contributed by atoms with E-state index in [0.29, 0.717) is 12.5 Å². The van der Waals surface area contributed by atoms with Crippen LogP contribution < -0.4 is 0 Å². The van der Waals surface area contributed by atoms with Crippen LogP contribution in [0.3, 0.4) is 0 Å². The van der Waals surface area contributed by atoms with Gasteiger partial charge in [-0.05, 0) is 24.6 Å². The number of carbonyl (C=O) groups is 1. The highest BCUT2D eigenvalue weighted by Crippen LogP contribution is 2.36. The topological polar surface area (TPSA) is 29.5 Å². The van der Waals surface area contributed by atoms with Crippen molar-refractivity contribution < 1.29 is 9.22 Å². The second-order valence-electron chi connectivity index (χ2n) is 6.09. The van der Waals surface area contributed by atoms with Gasteiger partial charge in [0.05, 0.1) is 6.61 Å². The average Bonchev–Trinajstić information content (AvgIpc) is 2.49. The summed E-state index contributed by atoms with van der Waals surface area (Å²) in [6.07, 6.45) is 1.74. The zero-order valence-corrected chi connectivity index (χ0v) is 12.3. The molecular weight excluding hydrogens is 218 g/mol. The number of hydrogen-bond acceptors (Lipinski definition) is 2. The Morgan fingerprint density at radius 2 is 2.00 bits per heavy atom. The molecule has 0 saturated carbocycles. The second kappa shape index (κ2) is 4.88. The lowest BCUT2D eigenvalue weighted by atomic mass is 10.2. The van der Waals surface area contributed by atoms with E-state index in [1.807, 2.05) is 4.90 Å². The Balaban J connectivity index is 2.32. The lowest BCUT2D eigenvalue weighted by Crippen LogP contribution is -2.42. The molecule has 1 amide bonds. The monoisotopic (exact) mass is 243 g/mol. The number of likely N-dealkylation sites (tertiary alicyclic amines) is 1. The third kappa shape index (κ3) is 3.32. The minimum absolute atomic E-state index is 0.252. The highest BCUT2D eigenvalue weighted by atomic mass is 28.4. The Labute approximate surface area is 100 Å². The second-order valence-corrected chi connectivity index (χ2v) is 10.9. The van der Waals surface area contributed by atoms with Gasteiger partial charge in [0.15, 0.2) is 8.32 Å². The molecule has 0 spiro atoms. The molecule has 16 heavy (non-hydrogen) atoms. The van der Waals surface area contributed by atoms with Crippen molar-refractivity contribution >= 4 is 14.2 Å². The van der Waals surface area contributed by atoms with Crippen LogP contribution in [-0.2, 0) is 9.22 Å². The summed E-state index contributed by atoms with van der Waals surface area (Å²) in [6.45, 7) is 13.6. The first kappa shape index (κ1) is 13.7. The van der Waals surface area contributed by atoms with Crippen LogP contribution in [0.4, 0.5) is 0 Å². The van der Waals surface area contributed by atoms with E-state index in [4.69, 9.17) is 4.43 Å². The van der Waals surface area contributed by atoms with E-state index < -0.39 is 8.32 Å². The molecule has 1 aliphatic heterocycles. The maximum atomic E-state index is 11.4. The first-order valence-electron chi connectivity index (χ1n) is 6.16. The summed E-state index contributed by atoms with van der Waals surface area (Å²) in [5.74, 6) is 0.291. The maximum absolute atomic E-state index is 11.4. The van der Waals surface area contributed by atoms with Crippen molar-refractivity contribution in [1.82, 2.24) is 4.90 Å². The van der Waals surface area contributed by atoms with E-state index in [9.17, 15) is 4.79 Å². The fourth-order valence-electron chi connectivity index (χ4n) is 1.57. The lowest BCUT2D eigenvalue weighted by molar-refractivity contribution is -0.128. The summed E-state index contributed by atoms with van der Waals surface area (Å²) >= 11 is 0. The fourth-order valence-corrected chi connectivity index (χ4v) is 2.60. The largest absolute Gasteiger partial charge is 0.415 e. The van der Waals surface area contributed by atoms with Crippen LogP contribution in [0.5, 0.6) is 0 Å². The van der Waals surface area contributed by atoms with E-state index in [1.54, 1.807) is 0 Å². The SMILES string of the molecule is CC(C)(C)[Si](C)(C)OCCN1CCCC1=O. The Morgan fingerprint density at radius 3 is 2.44 bits per heavy atom. The van der Waals surface area contributed by atoms with Crippen molar-refractivity contribution in [3.05, 3.63) is 0 Å². The summed E-state index contributed by atoms with van der Waals surface area (Å²) in [6, 6.07) is 0. The first-order chi connectivity index (χ1) is 7.24. The van der Waals surface area contributed by atoms with Crippen LogP contribution in [0.2, 0.25) is 18.1 Å². The molecule has 4 heteroatoms. The summed E-state index contributed by atoms with van der Waals surface area (Å²) in [7, 11) is -1.64. The Bertz CT molecular complexity index is 258. The molecule has 0 N–H and O–H groups in total. The number of amides is 1. The van der Waals surface area contributed by atoms with Crippen molar-refractivity contribution in [1.29, 1.82) is 0 Å². The summed E-state index contributed by atoms with van der Waals surface area (Å²) in [5, 5.41) is 0.252. The molecule has 0 aliphatic carbocycles. The van der Waals surface area contributed by atoms with Crippen molar-refractivity contribution in [2.45, 2.75) is 51.7 Å². The van der Waals surface area contributed by atoms with Crippen LogP contribution in [0.25, 0.3) is 0 Å². The normalized spacial score (nSPS) is 18.3. The van der Waals surface area contributed by atoms with Gasteiger partial charge in [0.1, 0.15) is 0 Å². The van der Waals surface area contributed by atoms with Crippen LogP contribution in [0.15, 0.2) is 0 Å².